The van der Waals surface area contributed by atoms with E-state index in [2.05, 4.69) is 6.92 Å². The molecule has 0 spiro atoms. The van der Waals surface area contributed by atoms with Crippen molar-refractivity contribution in [1.29, 1.82) is 5.26 Å². The molecule has 1 aromatic heterocycles. The number of ether oxygens (including phenoxy) is 1. The van der Waals surface area contributed by atoms with Crippen LogP contribution in [0, 0.1) is 21.4 Å². The fraction of sp³-hybridized carbons (Fsp3) is 0.321. The third-order valence-corrected chi connectivity index (χ3v) is 7.05. The van der Waals surface area contributed by atoms with Crippen LogP contribution in [-0.4, -0.2) is 43.1 Å². The van der Waals surface area contributed by atoms with E-state index in [9.17, 15) is 25.0 Å². The molecule has 0 radical (unpaired) electrons. The molecule has 38 heavy (non-hydrogen) atoms. The third kappa shape index (κ3) is 6.43. The maximum atomic E-state index is 13.4. The standard InChI is InChI=1S/C28H30N4O5S/c1-5-7-19-8-11-21(12-9-19)26(33)22(18-29)28-31(14-6-15-37-4)27(34)25(38-28)17-20-10-13-23(30(2)3)24(16-20)32(35)36/h8-13,16-17H,5-7,14-15H2,1-4H3. The minimum Gasteiger partial charge on any atom is -0.385 e. The van der Waals surface area contributed by atoms with E-state index < -0.39 is 10.7 Å². The van der Waals surface area contributed by atoms with E-state index in [1.807, 2.05) is 18.2 Å². The van der Waals surface area contributed by atoms with Crippen LogP contribution in [0.25, 0.3) is 11.6 Å². The zero-order valence-corrected chi connectivity index (χ0v) is 22.7. The van der Waals surface area contributed by atoms with Gasteiger partial charge in [-0.3, -0.25) is 24.3 Å². The third-order valence-electron chi connectivity index (χ3n) is 5.92. The molecular formula is C28H30N4O5S. The van der Waals surface area contributed by atoms with Crippen LogP contribution in [0.5, 0.6) is 0 Å². The average molecular weight is 535 g/mol. The first-order chi connectivity index (χ1) is 18.2. The number of nitro groups is 1. The number of thiazole rings is 1. The van der Waals surface area contributed by atoms with Gasteiger partial charge in [-0.2, -0.15) is 5.26 Å². The zero-order chi connectivity index (χ0) is 27.8. The Bertz CT molecular complexity index is 1550. The molecule has 0 N–H and O–H groups in total. The number of aromatic nitrogens is 1. The van der Waals surface area contributed by atoms with Crippen molar-refractivity contribution >= 4 is 40.1 Å². The average Bonchev–Trinajstić information content (AvgIpc) is 3.19. The number of anilines is 1. The van der Waals surface area contributed by atoms with Gasteiger partial charge in [0, 0.05) is 46.0 Å². The summed E-state index contributed by atoms with van der Waals surface area (Å²) >= 11 is 1.02. The molecule has 0 unspecified atom stereocenters. The van der Waals surface area contributed by atoms with Crippen molar-refractivity contribution in [3.05, 3.63) is 88.8 Å². The van der Waals surface area contributed by atoms with Crippen LogP contribution in [-0.2, 0) is 17.7 Å². The highest BCUT2D eigenvalue weighted by atomic mass is 32.1. The number of benzene rings is 2. The molecule has 10 heteroatoms. The van der Waals surface area contributed by atoms with Gasteiger partial charge in [0.05, 0.1) is 9.46 Å². The van der Waals surface area contributed by atoms with E-state index in [4.69, 9.17) is 4.74 Å². The summed E-state index contributed by atoms with van der Waals surface area (Å²) in [7, 11) is 4.98. The quantitative estimate of drug-likeness (QED) is 0.160. The van der Waals surface area contributed by atoms with E-state index in [1.54, 1.807) is 56.4 Å². The summed E-state index contributed by atoms with van der Waals surface area (Å²) in [5.74, 6) is -0.463. The predicted molar refractivity (Wildman–Crippen MR) is 149 cm³/mol. The normalized spacial score (nSPS) is 12.2. The van der Waals surface area contributed by atoms with Crippen LogP contribution >= 0.6 is 11.3 Å². The van der Waals surface area contributed by atoms with Crippen molar-refractivity contribution in [2.24, 2.45) is 0 Å². The van der Waals surface area contributed by atoms with E-state index in [-0.39, 0.29) is 32.6 Å². The van der Waals surface area contributed by atoms with Crippen LogP contribution in [0.15, 0.2) is 47.3 Å². The number of nitriles is 1. The summed E-state index contributed by atoms with van der Waals surface area (Å²) in [5, 5.41) is 21.6. The lowest BCUT2D eigenvalue weighted by atomic mass is 10.0. The molecule has 198 valence electrons. The number of aryl methyl sites for hydroxylation is 1. The van der Waals surface area contributed by atoms with Crippen molar-refractivity contribution in [2.75, 3.05) is 32.7 Å². The van der Waals surface area contributed by atoms with Crippen LogP contribution < -0.4 is 19.7 Å². The summed E-state index contributed by atoms with van der Waals surface area (Å²) in [4.78, 5) is 39.5. The lowest BCUT2D eigenvalue weighted by molar-refractivity contribution is -0.384. The molecule has 0 saturated carbocycles. The van der Waals surface area contributed by atoms with Gasteiger partial charge in [0.15, 0.2) is 0 Å². The number of hydrogen-bond acceptors (Lipinski definition) is 8. The van der Waals surface area contributed by atoms with Crippen LogP contribution in [0.2, 0.25) is 0 Å². The number of hydrogen-bond donors (Lipinski definition) is 0. The molecule has 0 saturated heterocycles. The first-order valence-electron chi connectivity index (χ1n) is 12.2. The summed E-state index contributed by atoms with van der Waals surface area (Å²) in [6, 6.07) is 13.9. The van der Waals surface area contributed by atoms with E-state index in [0.29, 0.717) is 29.8 Å². The summed E-state index contributed by atoms with van der Waals surface area (Å²) in [5.41, 5.74) is 1.78. The molecule has 0 aliphatic heterocycles. The van der Waals surface area contributed by atoms with Gasteiger partial charge in [-0.05, 0) is 36.1 Å². The number of ketones is 1. The molecule has 0 fully saturated rings. The topological polar surface area (TPSA) is 118 Å². The van der Waals surface area contributed by atoms with Crippen LogP contribution in [0.3, 0.4) is 0 Å². The van der Waals surface area contributed by atoms with Crippen molar-refractivity contribution in [1.82, 2.24) is 4.57 Å². The Morgan fingerprint density at radius 3 is 2.53 bits per heavy atom. The summed E-state index contributed by atoms with van der Waals surface area (Å²) < 4.78 is 7.06. The first kappa shape index (κ1) is 28.5. The predicted octanol–water partition coefficient (Wildman–Crippen LogP) is 3.26. The van der Waals surface area contributed by atoms with Crippen molar-refractivity contribution in [3.63, 3.8) is 0 Å². The van der Waals surface area contributed by atoms with Gasteiger partial charge < -0.3 is 9.64 Å². The highest BCUT2D eigenvalue weighted by molar-refractivity contribution is 7.07. The number of nitro benzene ring substituents is 1. The fourth-order valence-electron chi connectivity index (χ4n) is 4.03. The van der Waals surface area contributed by atoms with Gasteiger partial charge >= 0.3 is 0 Å². The van der Waals surface area contributed by atoms with Crippen molar-refractivity contribution in [3.8, 4) is 6.07 Å². The fourth-order valence-corrected chi connectivity index (χ4v) is 5.16. The number of rotatable bonds is 11. The Morgan fingerprint density at radius 2 is 1.95 bits per heavy atom. The smallest absolute Gasteiger partial charge is 0.293 e. The molecule has 3 rings (SSSR count). The van der Waals surface area contributed by atoms with Gasteiger partial charge in [0.2, 0.25) is 5.78 Å². The highest BCUT2D eigenvalue weighted by Crippen LogP contribution is 2.27. The van der Waals surface area contributed by atoms with Gasteiger partial charge in [0.25, 0.3) is 11.2 Å². The minimum atomic E-state index is -0.471. The second kappa shape index (κ2) is 12.9. The molecule has 0 aliphatic carbocycles. The SMILES string of the molecule is CCCc1ccc(C(=O)C(C#N)=c2sc(=Cc3ccc(N(C)C)c([N+](=O)[O-])c3)c(=O)n2CCCOC)cc1. The maximum absolute atomic E-state index is 13.4. The minimum absolute atomic E-state index is 0.0908. The molecular weight excluding hydrogens is 504 g/mol. The molecule has 0 atom stereocenters. The number of carbonyl (C=O) groups excluding carboxylic acids is 1. The molecule has 0 amide bonds. The van der Waals surface area contributed by atoms with Crippen molar-refractivity contribution in [2.45, 2.75) is 32.7 Å². The molecule has 0 aliphatic rings. The number of Topliss-reactive ketones (excluding diaryl/α,β-unsaturated/α-hetero) is 1. The summed E-state index contributed by atoms with van der Waals surface area (Å²) in [6.07, 6.45) is 3.92. The first-order valence-corrected chi connectivity index (χ1v) is 13.0. The monoisotopic (exact) mass is 534 g/mol. The second-order valence-electron chi connectivity index (χ2n) is 8.88. The van der Waals surface area contributed by atoms with Crippen LogP contribution in [0.1, 0.15) is 41.3 Å². The highest BCUT2D eigenvalue weighted by Gasteiger charge is 2.19. The lowest BCUT2D eigenvalue weighted by Gasteiger charge is -2.12. The Hall–Kier alpha value is -4.07. The molecule has 9 nitrogen and oxygen atoms in total. The van der Waals surface area contributed by atoms with Crippen LogP contribution in [0.4, 0.5) is 11.4 Å². The summed E-state index contributed by atoms with van der Waals surface area (Å²) in [6.45, 7) is 2.72. The lowest BCUT2D eigenvalue weighted by Crippen LogP contribution is -2.33. The van der Waals surface area contributed by atoms with Gasteiger partial charge in [-0.25, -0.2) is 0 Å². The molecule has 2 aromatic carbocycles. The number of carbonyl (C=O) groups is 1. The Balaban J connectivity index is 2.21. The van der Waals surface area contributed by atoms with E-state index in [1.165, 1.54) is 10.6 Å². The second-order valence-corrected chi connectivity index (χ2v) is 9.91. The van der Waals surface area contributed by atoms with E-state index >= 15 is 0 Å². The largest absolute Gasteiger partial charge is 0.385 e. The Morgan fingerprint density at radius 1 is 1.24 bits per heavy atom. The molecule has 1 heterocycles. The van der Waals surface area contributed by atoms with E-state index in [0.717, 1.165) is 29.7 Å². The molecule has 0 bridgehead atoms. The Labute approximate surface area is 224 Å². The maximum Gasteiger partial charge on any atom is 0.293 e. The van der Waals surface area contributed by atoms with Gasteiger partial charge in [0.1, 0.15) is 22.0 Å². The Kier molecular flexibility index (Phi) is 9.71. The van der Waals surface area contributed by atoms with Gasteiger partial charge in [-0.1, -0.05) is 43.7 Å². The molecule has 3 aromatic rings. The van der Waals surface area contributed by atoms with Crippen molar-refractivity contribution < 1.29 is 14.5 Å². The number of methoxy groups -OCH3 is 1. The number of nitrogens with zero attached hydrogens (tertiary/aromatic N) is 4. The zero-order valence-electron chi connectivity index (χ0n) is 21.9. The van der Waals surface area contributed by atoms with Gasteiger partial charge in [-0.15, -0.1) is 11.3 Å².